The first-order chi connectivity index (χ1) is 18.4. The lowest BCUT2D eigenvalue weighted by atomic mass is 9.69. The number of ether oxygens (including phenoxy) is 1. The summed E-state index contributed by atoms with van der Waals surface area (Å²) < 4.78 is 5.94. The second-order valence-corrected chi connectivity index (χ2v) is 16.3. The van der Waals surface area contributed by atoms with E-state index < -0.39 is 36.6 Å². The fourth-order valence-corrected chi connectivity index (χ4v) is 4.62. The van der Waals surface area contributed by atoms with Crippen LogP contribution in [-0.2, 0) is 36.6 Å². The second-order valence-electron chi connectivity index (χ2n) is 16.3. The zero-order chi connectivity index (χ0) is 31.8. The molecule has 2 rings (SSSR count). The van der Waals surface area contributed by atoms with E-state index in [1.165, 1.54) is 0 Å². The van der Waals surface area contributed by atoms with E-state index in [1.54, 1.807) is 0 Å². The molecule has 0 heterocycles. The number of rotatable bonds is 8. The predicted molar refractivity (Wildman–Crippen MR) is 169 cm³/mol. The third-order valence-electron chi connectivity index (χ3n) is 8.41. The zero-order valence-electron chi connectivity index (χ0n) is 28.0. The topological polar surface area (TPSA) is 87.0 Å². The number of esters is 1. The molecule has 3 N–H and O–H groups in total. The number of benzene rings is 2. The first-order valence-corrected chi connectivity index (χ1v) is 14.8. The van der Waals surface area contributed by atoms with Gasteiger partial charge in [-0.3, -0.25) is 4.79 Å². The molecule has 0 saturated heterocycles. The standard InChI is InChI=1S/C36H56O5/c1-31(2,3)24-14-25(32(4,5)6)17-28(16-24)35(13,30(40)41-23-36(20-37,21-38)22-39)29-18-26(33(7,8)9)15-27(19-29)34(10,11)12/h14-19,37-39H,20-23H2,1-13H3. The Labute approximate surface area is 249 Å². The molecule has 41 heavy (non-hydrogen) atoms. The Morgan fingerprint density at radius 3 is 0.976 bits per heavy atom. The summed E-state index contributed by atoms with van der Waals surface area (Å²) in [6.07, 6.45) is 0. The van der Waals surface area contributed by atoms with Crippen LogP contribution in [-0.4, -0.2) is 47.7 Å². The van der Waals surface area contributed by atoms with Crippen molar-refractivity contribution < 1.29 is 24.9 Å². The second kappa shape index (κ2) is 11.8. The molecule has 0 unspecified atom stereocenters. The molecule has 0 spiro atoms. The molecule has 5 heteroatoms. The van der Waals surface area contributed by atoms with Crippen molar-refractivity contribution in [2.45, 2.75) is 117 Å². The summed E-state index contributed by atoms with van der Waals surface area (Å²) in [5.41, 5.74) is 2.95. The maximum atomic E-state index is 14.4. The fourth-order valence-electron chi connectivity index (χ4n) is 4.62. The lowest BCUT2D eigenvalue weighted by molar-refractivity contribution is -0.156. The van der Waals surface area contributed by atoms with Gasteiger partial charge in [0.05, 0.1) is 25.2 Å². The molecular formula is C36H56O5. The predicted octanol–water partition coefficient (Wildman–Crippen LogP) is 6.69. The maximum absolute atomic E-state index is 14.4. The van der Waals surface area contributed by atoms with Gasteiger partial charge in [-0.05, 0) is 62.0 Å². The lowest BCUT2D eigenvalue weighted by Gasteiger charge is -2.36. The molecule has 0 atom stereocenters. The molecule has 0 amide bonds. The van der Waals surface area contributed by atoms with E-state index in [2.05, 4.69) is 119 Å². The summed E-state index contributed by atoms with van der Waals surface area (Å²) in [5.74, 6) is -0.492. The first kappa shape index (κ1) is 35.0. The highest BCUT2D eigenvalue weighted by atomic mass is 16.5. The molecule has 0 bridgehead atoms. The minimum atomic E-state index is -1.33. The first-order valence-electron chi connectivity index (χ1n) is 14.8. The van der Waals surface area contributed by atoms with Gasteiger partial charge in [0, 0.05) is 0 Å². The van der Waals surface area contributed by atoms with Crippen molar-refractivity contribution in [3.63, 3.8) is 0 Å². The molecule has 0 radical (unpaired) electrons. The van der Waals surface area contributed by atoms with Gasteiger partial charge in [0.2, 0.25) is 0 Å². The van der Waals surface area contributed by atoms with E-state index in [9.17, 15) is 20.1 Å². The summed E-state index contributed by atoms with van der Waals surface area (Å²) in [6.45, 7) is 26.1. The van der Waals surface area contributed by atoms with E-state index in [0.29, 0.717) is 0 Å². The molecular weight excluding hydrogens is 512 g/mol. The van der Waals surface area contributed by atoms with Crippen molar-refractivity contribution in [3.8, 4) is 0 Å². The molecule has 0 fully saturated rings. The van der Waals surface area contributed by atoms with Crippen LogP contribution in [0.1, 0.15) is 123 Å². The highest BCUT2D eigenvalue weighted by molar-refractivity contribution is 5.87. The van der Waals surface area contributed by atoms with E-state index in [0.717, 1.165) is 33.4 Å². The molecule has 0 aliphatic heterocycles. The van der Waals surface area contributed by atoms with E-state index in [-0.39, 0.29) is 28.3 Å². The van der Waals surface area contributed by atoms with Crippen LogP contribution in [0.4, 0.5) is 0 Å². The lowest BCUT2D eigenvalue weighted by Crippen LogP contribution is -2.43. The van der Waals surface area contributed by atoms with Crippen molar-refractivity contribution in [2.24, 2.45) is 5.41 Å². The number of carbonyl (C=O) groups is 1. The van der Waals surface area contributed by atoms with Crippen molar-refractivity contribution in [1.29, 1.82) is 0 Å². The summed E-state index contributed by atoms with van der Waals surface area (Å²) in [6, 6.07) is 12.9. The monoisotopic (exact) mass is 568 g/mol. The van der Waals surface area contributed by atoms with E-state index >= 15 is 0 Å². The third kappa shape index (κ3) is 7.80. The van der Waals surface area contributed by atoms with Crippen molar-refractivity contribution >= 4 is 5.97 Å². The van der Waals surface area contributed by atoms with Gasteiger partial charge in [0.15, 0.2) is 0 Å². The summed E-state index contributed by atoms with van der Waals surface area (Å²) in [5, 5.41) is 29.8. The van der Waals surface area contributed by atoms with E-state index in [1.807, 2.05) is 6.92 Å². The average Bonchev–Trinajstić information content (AvgIpc) is 2.86. The van der Waals surface area contributed by atoms with Crippen LogP contribution >= 0.6 is 0 Å². The Hall–Kier alpha value is -2.21. The minimum Gasteiger partial charge on any atom is -0.464 e. The average molecular weight is 569 g/mol. The van der Waals surface area contributed by atoms with Gasteiger partial charge >= 0.3 is 5.97 Å². The van der Waals surface area contributed by atoms with Gasteiger partial charge in [-0.1, -0.05) is 119 Å². The number of carbonyl (C=O) groups excluding carboxylic acids is 1. The Bertz CT molecular complexity index is 1060. The van der Waals surface area contributed by atoms with E-state index in [4.69, 9.17) is 4.74 Å². The number of hydrogen-bond acceptors (Lipinski definition) is 5. The Kier molecular flexibility index (Phi) is 10.1. The van der Waals surface area contributed by atoms with Gasteiger partial charge in [0.25, 0.3) is 0 Å². The van der Waals surface area contributed by atoms with Gasteiger partial charge in [-0.15, -0.1) is 0 Å². The van der Waals surface area contributed by atoms with Crippen molar-refractivity contribution in [3.05, 3.63) is 69.8 Å². The van der Waals surface area contributed by atoms with Gasteiger partial charge in [-0.25, -0.2) is 0 Å². The molecule has 0 aliphatic rings. The molecule has 2 aromatic rings. The van der Waals surface area contributed by atoms with Crippen LogP contribution in [0, 0.1) is 5.41 Å². The normalized spacial score (nSPS) is 13.9. The third-order valence-corrected chi connectivity index (χ3v) is 8.41. The Balaban J connectivity index is 3.01. The quantitative estimate of drug-likeness (QED) is 0.309. The SMILES string of the molecule is CC(C)(C)c1cc(C(C)(C)C)cc(C(C)(C(=O)OCC(CO)(CO)CO)c2cc(C(C)(C)C)cc(C(C)(C)C)c2)c1. The highest BCUT2D eigenvalue weighted by Crippen LogP contribution is 2.42. The van der Waals surface area contributed by atoms with Gasteiger partial charge < -0.3 is 20.1 Å². The fraction of sp³-hybridized carbons (Fsp3) is 0.639. The van der Waals surface area contributed by atoms with Crippen LogP contribution < -0.4 is 0 Å². The van der Waals surface area contributed by atoms with Crippen LogP contribution in [0.2, 0.25) is 0 Å². The van der Waals surface area contributed by atoms with Crippen LogP contribution in [0.5, 0.6) is 0 Å². The molecule has 2 aromatic carbocycles. The smallest absolute Gasteiger partial charge is 0.320 e. The minimum absolute atomic E-state index is 0.162. The maximum Gasteiger partial charge on any atom is 0.320 e. The molecule has 0 aliphatic carbocycles. The van der Waals surface area contributed by atoms with Crippen LogP contribution in [0.3, 0.4) is 0 Å². The largest absolute Gasteiger partial charge is 0.464 e. The highest BCUT2D eigenvalue weighted by Gasteiger charge is 2.43. The van der Waals surface area contributed by atoms with Crippen molar-refractivity contribution in [2.75, 3.05) is 26.4 Å². The summed E-state index contributed by atoms with van der Waals surface area (Å²) >= 11 is 0. The van der Waals surface area contributed by atoms with Crippen molar-refractivity contribution in [1.82, 2.24) is 0 Å². The van der Waals surface area contributed by atoms with Gasteiger partial charge in [0.1, 0.15) is 12.0 Å². The number of aliphatic hydroxyl groups is 3. The van der Waals surface area contributed by atoms with Gasteiger partial charge in [-0.2, -0.15) is 0 Å². The summed E-state index contributed by atoms with van der Waals surface area (Å²) in [4.78, 5) is 14.4. The molecule has 0 saturated carbocycles. The van der Waals surface area contributed by atoms with Crippen LogP contribution in [0.25, 0.3) is 0 Å². The Morgan fingerprint density at radius 2 is 0.756 bits per heavy atom. The summed E-state index contributed by atoms with van der Waals surface area (Å²) in [7, 11) is 0. The molecule has 0 aromatic heterocycles. The Morgan fingerprint density at radius 1 is 0.512 bits per heavy atom. The number of aliphatic hydroxyl groups excluding tert-OH is 3. The number of hydrogen-bond donors (Lipinski definition) is 3. The molecule has 5 nitrogen and oxygen atoms in total. The van der Waals surface area contributed by atoms with Crippen LogP contribution in [0.15, 0.2) is 36.4 Å². The molecule has 230 valence electrons. The zero-order valence-corrected chi connectivity index (χ0v) is 28.0.